The number of benzene rings is 2. The average molecular weight is 412 g/mol. The fraction of sp³-hybridized carbons (Fsp3) is 0.278. The van der Waals surface area contributed by atoms with Crippen LogP contribution in [0.25, 0.3) is 0 Å². The molecule has 1 amide bonds. The molecule has 27 heavy (non-hydrogen) atoms. The van der Waals surface area contributed by atoms with Crippen LogP contribution in [0.15, 0.2) is 53.4 Å². The predicted molar refractivity (Wildman–Crippen MR) is 104 cm³/mol. The van der Waals surface area contributed by atoms with E-state index in [2.05, 4.69) is 5.32 Å². The molecule has 0 fully saturated rings. The van der Waals surface area contributed by atoms with Crippen molar-refractivity contribution in [2.24, 2.45) is 0 Å². The Labute approximate surface area is 159 Å². The number of hydrogen-bond acceptors (Lipinski definition) is 6. The first-order valence-electron chi connectivity index (χ1n) is 8.15. The smallest absolute Gasteiger partial charge is 0.255 e. The van der Waals surface area contributed by atoms with Crippen LogP contribution in [0, 0.1) is 0 Å². The molecule has 9 heteroatoms. The Morgan fingerprint density at radius 2 is 1.70 bits per heavy atom. The summed E-state index contributed by atoms with van der Waals surface area (Å²) in [5.41, 5.74) is 0.788. The van der Waals surface area contributed by atoms with Crippen molar-refractivity contribution in [3.63, 3.8) is 0 Å². The van der Waals surface area contributed by atoms with Crippen molar-refractivity contribution in [1.29, 1.82) is 0 Å². The summed E-state index contributed by atoms with van der Waals surface area (Å²) in [5, 5.41) is 2.69. The van der Waals surface area contributed by atoms with Gasteiger partial charge in [0.25, 0.3) is 5.91 Å². The molecule has 0 aromatic heterocycles. The molecule has 0 aliphatic heterocycles. The van der Waals surface area contributed by atoms with Gasteiger partial charge in [-0.05, 0) is 36.4 Å². The number of amides is 1. The summed E-state index contributed by atoms with van der Waals surface area (Å²) in [7, 11) is -6.43. The van der Waals surface area contributed by atoms with E-state index in [0.29, 0.717) is 17.0 Å². The second-order valence-electron chi connectivity index (χ2n) is 5.89. The van der Waals surface area contributed by atoms with Crippen LogP contribution in [0.2, 0.25) is 0 Å². The molecule has 0 bridgehead atoms. The second-order valence-corrected chi connectivity index (χ2v) is 10.4. The van der Waals surface area contributed by atoms with E-state index >= 15 is 0 Å². The number of nitrogens with one attached hydrogen (secondary N) is 1. The van der Waals surface area contributed by atoms with Gasteiger partial charge >= 0.3 is 0 Å². The lowest BCUT2D eigenvalue weighted by Crippen LogP contribution is -2.13. The second kappa shape index (κ2) is 8.53. The molecule has 2 rings (SSSR count). The fourth-order valence-electron chi connectivity index (χ4n) is 2.16. The lowest BCUT2D eigenvalue weighted by molar-refractivity contribution is 0.102. The van der Waals surface area contributed by atoms with E-state index in [-0.39, 0.29) is 23.0 Å². The zero-order valence-electron chi connectivity index (χ0n) is 15.0. The van der Waals surface area contributed by atoms with Gasteiger partial charge in [-0.2, -0.15) is 0 Å². The summed E-state index contributed by atoms with van der Waals surface area (Å²) < 4.78 is 51.2. The predicted octanol–water partition coefficient (Wildman–Crippen LogP) is 2.16. The van der Waals surface area contributed by atoms with Crippen LogP contribution >= 0.6 is 0 Å². The highest BCUT2D eigenvalue weighted by atomic mass is 32.2. The van der Waals surface area contributed by atoms with Crippen molar-refractivity contribution in [1.82, 2.24) is 0 Å². The zero-order chi connectivity index (χ0) is 20.1. The molecular weight excluding hydrogens is 390 g/mol. The van der Waals surface area contributed by atoms with Crippen molar-refractivity contribution in [2.45, 2.75) is 11.8 Å². The molecule has 2 aromatic rings. The SMILES string of the molecule is CCS(=O)(=O)c1ccc(C(=O)Nc2cccc(OCCS(C)(=O)=O)c2)cc1. The van der Waals surface area contributed by atoms with E-state index in [0.717, 1.165) is 6.26 Å². The van der Waals surface area contributed by atoms with Gasteiger partial charge in [0.15, 0.2) is 19.7 Å². The molecule has 0 atom stereocenters. The minimum absolute atomic E-state index is 0.00926. The van der Waals surface area contributed by atoms with Gasteiger partial charge in [-0.1, -0.05) is 13.0 Å². The highest BCUT2D eigenvalue weighted by Crippen LogP contribution is 2.19. The van der Waals surface area contributed by atoms with Crippen LogP contribution < -0.4 is 10.1 Å². The fourth-order valence-corrected chi connectivity index (χ4v) is 3.43. The monoisotopic (exact) mass is 411 g/mol. The van der Waals surface area contributed by atoms with E-state index in [1.807, 2.05) is 0 Å². The van der Waals surface area contributed by atoms with Gasteiger partial charge in [-0.15, -0.1) is 0 Å². The number of ether oxygens (including phenoxy) is 1. The average Bonchev–Trinajstić information content (AvgIpc) is 2.61. The van der Waals surface area contributed by atoms with Crippen molar-refractivity contribution in [3.8, 4) is 5.75 Å². The quantitative estimate of drug-likeness (QED) is 0.713. The first-order chi connectivity index (χ1) is 12.6. The van der Waals surface area contributed by atoms with Crippen molar-refractivity contribution < 1.29 is 26.4 Å². The van der Waals surface area contributed by atoms with Gasteiger partial charge in [-0.25, -0.2) is 16.8 Å². The molecule has 0 saturated carbocycles. The van der Waals surface area contributed by atoms with Gasteiger partial charge in [0.05, 0.1) is 16.4 Å². The van der Waals surface area contributed by atoms with Crippen molar-refractivity contribution >= 4 is 31.3 Å². The maximum Gasteiger partial charge on any atom is 0.255 e. The highest BCUT2D eigenvalue weighted by molar-refractivity contribution is 7.91. The minimum atomic E-state index is -3.32. The van der Waals surface area contributed by atoms with E-state index in [1.54, 1.807) is 31.2 Å². The van der Waals surface area contributed by atoms with E-state index in [1.165, 1.54) is 24.3 Å². The summed E-state index contributed by atoms with van der Waals surface area (Å²) in [6.07, 6.45) is 1.13. The largest absolute Gasteiger partial charge is 0.492 e. The molecule has 0 spiro atoms. The van der Waals surface area contributed by atoms with Crippen LogP contribution in [0.3, 0.4) is 0 Å². The minimum Gasteiger partial charge on any atom is -0.492 e. The molecule has 146 valence electrons. The molecule has 7 nitrogen and oxygen atoms in total. The molecule has 0 saturated heterocycles. The molecule has 2 aromatic carbocycles. The van der Waals surface area contributed by atoms with Crippen LogP contribution in [-0.4, -0.2) is 47.1 Å². The molecule has 0 aliphatic carbocycles. The maximum atomic E-state index is 12.3. The topological polar surface area (TPSA) is 107 Å². The third-order valence-electron chi connectivity index (χ3n) is 3.67. The van der Waals surface area contributed by atoms with Gasteiger partial charge in [0, 0.05) is 23.6 Å². The third-order valence-corrected chi connectivity index (χ3v) is 6.33. The maximum absolute atomic E-state index is 12.3. The standard InChI is InChI=1S/C18H21NO6S2/c1-3-27(23,24)17-9-7-14(8-10-17)18(20)19-15-5-4-6-16(13-15)25-11-12-26(2,21)22/h4-10,13H,3,11-12H2,1-2H3,(H,19,20). The molecule has 0 unspecified atom stereocenters. The van der Waals surface area contributed by atoms with E-state index in [4.69, 9.17) is 4.74 Å². The summed E-state index contributed by atoms with van der Waals surface area (Å²) in [6.45, 7) is 1.57. The van der Waals surface area contributed by atoms with Gasteiger partial charge in [0.1, 0.15) is 12.4 Å². The normalized spacial score (nSPS) is 11.8. The molecule has 0 aliphatic rings. The van der Waals surface area contributed by atoms with Crippen LogP contribution in [0.1, 0.15) is 17.3 Å². The Bertz CT molecular complexity index is 1010. The van der Waals surface area contributed by atoms with E-state index in [9.17, 15) is 21.6 Å². The number of carbonyl (C=O) groups excluding carboxylic acids is 1. The first-order valence-corrected chi connectivity index (χ1v) is 11.9. The van der Waals surface area contributed by atoms with Gasteiger partial charge in [0.2, 0.25) is 0 Å². The lowest BCUT2D eigenvalue weighted by Gasteiger charge is -2.09. The summed E-state index contributed by atoms with van der Waals surface area (Å²) >= 11 is 0. The Morgan fingerprint density at radius 3 is 2.30 bits per heavy atom. The molecule has 0 radical (unpaired) electrons. The number of carbonyl (C=O) groups is 1. The van der Waals surface area contributed by atoms with E-state index < -0.39 is 25.6 Å². The van der Waals surface area contributed by atoms with Crippen molar-refractivity contribution in [3.05, 3.63) is 54.1 Å². The Kier molecular flexibility index (Phi) is 6.61. The van der Waals surface area contributed by atoms with Crippen LogP contribution in [0.5, 0.6) is 5.75 Å². The highest BCUT2D eigenvalue weighted by Gasteiger charge is 2.13. The number of sulfone groups is 2. The third kappa shape index (κ3) is 6.37. The van der Waals surface area contributed by atoms with Gasteiger partial charge < -0.3 is 10.1 Å². The molecule has 0 heterocycles. The Hall–Kier alpha value is -2.39. The summed E-state index contributed by atoms with van der Waals surface area (Å²) in [4.78, 5) is 12.5. The number of hydrogen-bond donors (Lipinski definition) is 1. The van der Waals surface area contributed by atoms with Gasteiger partial charge in [-0.3, -0.25) is 4.79 Å². The Morgan fingerprint density at radius 1 is 1.04 bits per heavy atom. The first kappa shape index (κ1) is 20.9. The molecule has 1 N–H and O–H groups in total. The van der Waals surface area contributed by atoms with Crippen LogP contribution in [-0.2, 0) is 19.7 Å². The Balaban J connectivity index is 2.04. The lowest BCUT2D eigenvalue weighted by atomic mass is 10.2. The number of rotatable bonds is 8. The number of anilines is 1. The summed E-state index contributed by atoms with van der Waals surface area (Å²) in [6, 6.07) is 12.3. The summed E-state index contributed by atoms with van der Waals surface area (Å²) in [5.74, 6) is -0.0778. The molecular formula is C18H21NO6S2. The van der Waals surface area contributed by atoms with Crippen LogP contribution in [0.4, 0.5) is 5.69 Å². The zero-order valence-corrected chi connectivity index (χ0v) is 16.6. The van der Waals surface area contributed by atoms with Crippen molar-refractivity contribution in [2.75, 3.05) is 29.7 Å².